The van der Waals surface area contributed by atoms with Gasteiger partial charge in [-0.3, -0.25) is 13.9 Å². The van der Waals surface area contributed by atoms with Crippen LogP contribution in [0.15, 0.2) is 77.3 Å². The third-order valence-corrected chi connectivity index (χ3v) is 9.48. The van der Waals surface area contributed by atoms with Crippen LogP contribution in [0.2, 0.25) is 0 Å². The van der Waals surface area contributed by atoms with Crippen LogP contribution in [0.5, 0.6) is 11.5 Å². The number of hydrogen-bond donors (Lipinski definition) is 1. The summed E-state index contributed by atoms with van der Waals surface area (Å²) in [5, 5.41) is 3.21. The predicted octanol–water partition coefficient (Wildman–Crippen LogP) is 5.32. The van der Waals surface area contributed by atoms with Crippen molar-refractivity contribution in [1.82, 2.24) is 10.2 Å². The van der Waals surface area contributed by atoms with Crippen LogP contribution in [0.3, 0.4) is 0 Å². The maximum Gasteiger partial charge on any atom is 0.244 e. The minimum absolute atomic E-state index is 0.0373. The standard InChI is InChI=1S/C33H40BrN3O6S/c1-42-28-18-19-29(31(21-28)43-2)37(44(3,40)41)23-32(38)36(22-25-14-16-26(34)17-15-25)30(20-24-10-6-4-7-11-24)33(39)35-27-12-8-5-9-13-27/h4,6-7,10-11,14-19,21,27,30H,5,8-9,12-13,20,22-23H2,1-3H3,(H,35,39). The lowest BCUT2D eigenvalue weighted by atomic mass is 9.94. The number of carbonyl (C=O) groups is 2. The molecule has 1 aliphatic carbocycles. The van der Waals surface area contributed by atoms with E-state index in [1.165, 1.54) is 19.1 Å². The minimum Gasteiger partial charge on any atom is -0.497 e. The van der Waals surface area contributed by atoms with Crippen LogP contribution in [0.4, 0.5) is 5.69 Å². The van der Waals surface area contributed by atoms with Gasteiger partial charge in [0.15, 0.2) is 0 Å². The van der Waals surface area contributed by atoms with Gasteiger partial charge in [0.25, 0.3) is 0 Å². The summed E-state index contributed by atoms with van der Waals surface area (Å²) in [4.78, 5) is 29.9. The van der Waals surface area contributed by atoms with E-state index in [1.54, 1.807) is 18.2 Å². The van der Waals surface area contributed by atoms with Crippen molar-refractivity contribution in [3.63, 3.8) is 0 Å². The molecule has 11 heteroatoms. The average Bonchev–Trinajstić information content (AvgIpc) is 3.02. The van der Waals surface area contributed by atoms with Crippen LogP contribution in [-0.2, 0) is 32.6 Å². The Morgan fingerprint density at radius 2 is 1.61 bits per heavy atom. The number of methoxy groups -OCH3 is 2. The van der Waals surface area contributed by atoms with Gasteiger partial charge in [0.05, 0.1) is 26.2 Å². The number of halogens is 1. The molecule has 1 fully saturated rings. The highest BCUT2D eigenvalue weighted by Crippen LogP contribution is 2.34. The van der Waals surface area contributed by atoms with Crippen LogP contribution in [0, 0.1) is 0 Å². The number of carbonyl (C=O) groups excluding carboxylic acids is 2. The normalized spacial score (nSPS) is 14.4. The third-order valence-electron chi connectivity index (χ3n) is 7.82. The fourth-order valence-corrected chi connectivity index (χ4v) is 6.59. The number of rotatable bonds is 13. The van der Waals surface area contributed by atoms with E-state index >= 15 is 0 Å². The zero-order chi connectivity index (χ0) is 31.7. The molecule has 0 spiro atoms. The summed E-state index contributed by atoms with van der Waals surface area (Å²) >= 11 is 3.46. The quantitative estimate of drug-likeness (QED) is 0.261. The Morgan fingerprint density at radius 3 is 2.23 bits per heavy atom. The van der Waals surface area contributed by atoms with Gasteiger partial charge < -0.3 is 19.7 Å². The number of hydrogen-bond acceptors (Lipinski definition) is 6. The number of benzene rings is 3. The monoisotopic (exact) mass is 685 g/mol. The average molecular weight is 687 g/mol. The molecule has 3 aromatic carbocycles. The second-order valence-electron chi connectivity index (χ2n) is 11.0. The van der Waals surface area contributed by atoms with Crippen LogP contribution in [0.25, 0.3) is 0 Å². The number of amides is 2. The summed E-state index contributed by atoms with van der Waals surface area (Å²) < 4.78 is 39.0. The van der Waals surface area contributed by atoms with Crippen molar-refractivity contribution in [2.24, 2.45) is 0 Å². The zero-order valence-electron chi connectivity index (χ0n) is 25.4. The number of anilines is 1. The summed E-state index contributed by atoms with van der Waals surface area (Å²) in [5.41, 5.74) is 1.89. The SMILES string of the molecule is COc1ccc(N(CC(=O)N(Cc2ccc(Br)cc2)C(Cc2ccccc2)C(=O)NC2CCCCC2)S(C)(=O)=O)c(OC)c1. The van der Waals surface area contributed by atoms with Crippen molar-refractivity contribution in [1.29, 1.82) is 0 Å². The molecule has 0 aromatic heterocycles. The molecule has 236 valence electrons. The molecule has 1 atom stereocenters. The molecule has 0 aliphatic heterocycles. The highest BCUT2D eigenvalue weighted by Gasteiger charge is 2.34. The molecule has 0 saturated heterocycles. The van der Waals surface area contributed by atoms with Crippen molar-refractivity contribution in [2.75, 3.05) is 31.3 Å². The summed E-state index contributed by atoms with van der Waals surface area (Å²) in [6.07, 6.45) is 6.33. The largest absolute Gasteiger partial charge is 0.497 e. The Kier molecular flexibility index (Phi) is 11.7. The van der Waals surface area contributed by atoms with Crippen molar-refractivity contribution in [3.8, 4) is 11.5 Å². The van der Waals surface area contributed by atoms with E-state index < -0.39 is 28.5 Å². The van der Waals surface area contributed by atoms with Gasteiger partial charge in [-0.2, -0.15) is 0 Å². The fraction of sp³-hybridized carbons (Fsp3) is 0.394. The maximum absolute atomic E-state index is 14.4. The number of ether oxygens (including phenoxy) is 2. The van der Waals surface area contributed by atoms with Gasteiger partial charge in [-0.05, 0) is 48.2 Å². The minimum atomic E-state index is -3.95. The van der Waals surface area contributed by atoms with E-state index in [0.717, 1.165) is 58.3 Å². The third kappa shape index (κ3) is 8.98. The number of nitrogens with one attached hydrogen (secondary N) is 1. The summed E-state index contributed by atoms with van der Waals surface area (Å²) in [6, 6.07) is 20.9. The number of sulfonamides is 1. The molecule has 2 amide bonds. The highest BCUT2D eigenvalue weighted by atomic mass is 79.9. The van der Waals surface area contributed by atoms with E-state index in [-0.39, 0.29) is 36.4 Å². The first-order valence-corrected chi connectivity index (χ1v) is 17.3. The van der Waals surface area contributed by atoms with Gasteiger partial charge >= 0.3 is 0 Å². The van der Waals surface area contributed by atoms with E-state index in [4.69, 9.17) is 9.47 Å². The van der Waals surface area contributed by atoms with E-state index in [0.29, 0.717) is 5.75 Å². The maximum atomic E-state index is 14.4. The van der Waals surface area contributed by atoms with Crippen molar-refractivity contribution in [2.45, 2.75) is 57.2 Å². The van der Waals surface area contributed by atoms with Crippen molar-refractivity contribution < 1.29 is 27.5 Å². The second kappa shape index (κ2) is 15.4. The van der Waals surface area contributed by atoms with Gasteiger partial charge in [-0.25, -0.2) is 8.42 Å². The summed E-state index contributed by atoms with van der Waals surface area (Å²) in [5.74, 6) is -0.0578. The predicted molar refractivity (Wildman–Crippen MR) is 175 cm³/mol. The first kappa shape index (κ1) is 33.3. The van der Waals surface area contributed by atoms with Gasteiger partial charge in [0.1, 0.15) is 24.1 Å². The summed E-state index contributed by atoms with van der Waals surface area (Å²) in [6.45, 7) is -0.418. The molecule has 3 aromatic rings. The van der Waals surface area contributed by atoms with Crippen LogP contribution in [0.1, 0.15) is 43.2 Å². The lowest BCUT2D eigenvalue weighted by Gasteiger charge is -2.35. The van der Waals surface area contributed by atoms with E-state index in [1.807, 2.05) is 54.6 Å². The van der Waals surface area contributed by atoms with Gasteiger partial charge in [0, 0.05) is 29.5 Å². The Bertz CT molecular complexity index is 1510. The van der Waals surface area contributed by atoms with Crippen molar-refractivity contribution in [3.05, 3.63) is 88.4 Å². The molecule has 44 heavy (non-hydrogen) atoms. The smallest absolute Gasteiger partial charge is 0.244 e. The first-order chi connectivity index (χ1) is 21.1. The van der Waals surface area contributed by atoms with Gasteiger partial charge in [-0.15, -0.1) is 0 Å². The lowest BCUT2D eigenvalue weighted by Crippen LogP contribution is -2.55. The molecular weight excluding hydrogens is 646 g/mol. The molecular formula is C33H40BrN3O6S. The van der Waals surface area contributed by atoms with Crippen LogP contribution < -0.4 is 19.1 Å². The van der Waals surface area contributed by atoms with Gasteiger partial charge in [-0.1, -0.05) is 77.7 Å². The molecule has 0 radical (unpaired) electrons. The Hall–Kier alpha value is -3.57. The fourth-order valence-electron chi connectivity index (χ4n) is 5.47. The van der Waals surface area contributed by atoms with Crippen LogP contribution in [-0.4, -0.2) is 64.2 Å². The Balaban J connectivity index is 1.74. The molecule has 1 N–H and O–H groups in total. The molecule has 0 heterocycles. The first-order valence-electron chi connectivity index (χ1n) is 14.7. The zero-order valence-corrected chi connectivity index (χ0v) is 27.8. The molecule has 1 unspecified atom stereocenters. The van der Waals surface area contributed by atoms with E-state index in [2.05, 4.69) is 21.2 Å². The van der Waals surface area contributed by atoms with Crippen LogP contribution >= 0.6 is 15.9 Å². The Labute approximate surface area is 268 Å². The highest BCUT2D eigenvalue weighted by molar-refractivity contribution is 9.10. The lowest BCUT2D eigenvalue weighted by molar-refractivity contribution is -0.140. The molecule has 4 rings (SSSR count). The second-order valence-corrected chi connectivity index (χ2v) is 13.8. The molecule has 0 bridgehead atoms. The number of nitrogens with zero attached hydrogens (tertiary/aromatic N) is 2. The topological polar surface area (TPSA) is 105 Å². The molecule has 1 aliphatic rings. The van der Waals surface area contributed by atoms with E-state index in [9.17, 15) is 18.0 Å². The summed E-state index contributed by atoms with van der Waals surface area (Å²) in [7, 11) is -1.03. The van der Waals surface area contributed by atoms with Gasteiger partial charge in [0.2, 0.25) is 21.8 Å². The van der Waals surface area contributed by atoms with Crippen molar-refractivity contribution >= 4 is 43.5 Å². The molecule has 1 saturated carbocycles. The molecule has 9 nitrogen and oxygen atoms in total. The Morgan fingerprint density at radius 1 is 0.932 bits per heavy atom.